The number of hydrogen-bond acceptors (Lipinski definition) is 6. The number of anilines is 1. The molecule has 140 valence electrons. The second-order valence-electron chi connectivity index (χ2n) is 6.98. The van der Waals surface area contributed by atoms with Gasteiger partial charge in [-0.1, -0.05) is 24.3 Å². The molecule has 1 aliphatic heterocycles. The van der Waals surface area contributed by atoms with Gasteiger partial charge in [0, 0.05) is 37.3 Å². The monoisotopic (exact) mass is 370 g/mol. The quantitative estimate of drug-likeness (QED) is 0.641. The largest absolute Gasteiger partial charge is 0.369 e. The van der Waals surface area contributed by atoms with E-state index in [1.54, 1.807) is 0 Å². The summed E-state index contributed by atoms with van der Waals surface area (Å²) in [7, 11) is 2.15. The summed E-state index contributed by atoms with van der Waals surface area (Å²) in [6.45, 7) is 4.21. The molecule has 1 saturated heterocycles. The van der Waals surface area contributed by atoms with Crippen molar-refractivity contribution in [3.05, 3.63) is 66.4 Å². The molecule has 0 saturated carbocycles. The van der Waals surface area contributed by atoms with Gasteiger partial charge in [0.1, 0.15) is 0 Å². The van der Waals surface area contributed by atoms with Gasteiger partial charge in [-0.2, -0.15) is 15.5 Å². The fourth-order valence-electron chi connectivity index (χ4n) is 3.30. The Morgan fingerprint density at radius 1 is 0.964 bits per heavy atom. The van der Waals surface area contributed by atoms with Gasteiger partial charge in [-0.3, -0.25) is 0 Å². The summed E-state index contributed by atoms with van der Waals surface area (Å²) in [4.78, 5) is 9.26. The van der Waals surface area contributed by atoms with Crippen LogP contribution in [0.3, 0.4) is 0 Å². The molecule has 1 aromatic heterocycles. The Balaban J connectivity index is 1.48. The third kappa shape index (κ3) is 4.00. The van der Waals surface area contributed by atoms with E-state index in [1.807, 2.05) is 48.5 Å². The molecule has 0 aliphatic carbocycles. The van der Waals surface area contributed by atoms with Crippen LogP contribution in [0, 0.1) is 11.3 Å². The number of hydrogen-bond donors (Lipinski definition) is 0. The van der Waals surface area contributed by atoms with Crippen LogP contribution < -0.4 is 4.90 Å². The van der Waals surface area contributed by atoms with E-state index < -0.39 is 6.04 Å². The van der Waals surface area contributed by atoms with Gasteiger partial charge in [0.15, 0.2) is 6.04 Å². The average Bonchev–Trinajstić information content (AvgIpc) is 2.75. The van der Waals surface area contributed by atoms with Crippen LogP contribution in [0.25, 0.3) is 10.9 Å². The Kier molecular flexibility index (Phi) is 5.27. The van der Waals surface area contributed by atoms with Crippen molar-refractivity contribution in [2.24, 2.45) is 10.2 Å². The molecular formula is C22H22N6. The number of fused-ring (bicyclic) bond motifs is 1. The predicted molar refractivity (Wildman–Crippen MR) is 111 cm³/mol. The zero-order chi connectivity index (χ0) is 19.3. The highest BCUT2D eigenvalue weighted by Crippen LogP contribution is 2.24. The van der Waals surface area contributed by atoms with E-state index >= 15 is 0 Å². The third-order valence-corrected chi connectivity index (χ3v) is 5.03. The van der Waals surface area contributed by atoms with Crippen molar-refractivity contribution in [2.45, 2.75) is 6.04 Å². The first-order valence-corrected chi connectivity index (χ1v) is 9.43. The molecule has 3 aromatic rings. The molecular weight excluding hydrogens is 348 g/mol. The number of likely N-dealkylation sites (N-methyl/N-ethyl adjacent to an activating group) is 1. The molecule has 0 amide bonds. The fraction of sp³-hybridized carbons (Fsp3) is 0.273. The van der Waals surface area contributed by atoms with Gasteiger partial charge in [0.25, 0.3) is 0 Å². The molecule has 1 aliphatic rings. The Morgan fingerprint density at radius 3 is 2.46 bits per heavy atom. The Hall–Kier alpha value is -3.30. The number of benzene rings is 2. The van der Waals surface area contributed by atoms with Crippen LogP contribution in [0.2, 0.25) is 0 Å². The molecule has 4 rings (SSSR count). The highest BCUT2D eigenvalue weighted by Gasteiger charge is 2.14. The first kappa shape index (κ1) is 18.1. The van der Waals surface area contributed by atoms with E-state index in [9.17, 15) is 5.26 Å². The third-order valence-electron chi connectivity index (χ3n) is 5.03. The molecule has 2 aromatic carbocycles. The molecule has 28 heavy (non-hydrogen) atoms. The number of piperazine rings is 1. The van der Waals surface area contributed by atoms with E-state index in [2.05, 4.69) is 50.3 Å². The van der Waals surface area contributed by atoms with Crippen LogP contribution in [-0.4, -0.2) is 43.1 Å². The van der Waals surface area contributed by atoms with Crippen molar-refractivity contribution in [1.82, 2.24) is 9.88 Å². The maximum atomic E-state index is 9.51. The summed E-state index contributed by atoms with van der Waals surface area (Å²) in [5, 5.41) is 19.0. The maximum Gasteiger partial charge on any atom is 0.199 e. The van der Waals surface area contributed by atoms with Gasteiger partial charge >= 0.3 is 0 Å². The van der Waals surface area contributed by atoms with Crippen molar-refractivity contribution < 1.29 is 0 Å². The first-order chi connectivity index (χ1) is 13.7. The van der Waals surface area contributed by atoms with Crippen LogP contribution in [0.5, 0.6) is 0 Å². The number of pyridine rings is 1. The van der Waals surface area contributed by atoms with Crippen LogP contribution in [0.1, 0.15) is 11.7 Å². The minimum absolute atomic E-state index is 0.610. The molecule has 2 heterocycles. The summed E-state index contributed by atoms with van der Waals surface area (Å²) in [6.07, 6.45) is 0. The molecule has 1 atom stereocenters. The second-order valence-corrected chi connectivity index (χ2v) is 6.98. The van der Waals surface area contributed by atoms with Gasteiger partial charge < -0.3 is 9.80 Å². The van der Waals surface area contributed by atoms with Crippen LogP contribution in [-0.2, 0) is 0 Å². The lowest BCUT2D eigenvalue weighted by atomic mass is 10.1. The second kappa shape index (κ2) is 8.15. The lowest BCUT2D eigenvalue weighted by Gasteiger charge is -2.34. The fourth-order valence-corrected chi connectivity index (χ4v) is 3.30. The lowest BCUT2D eigenvalue weighted by Crippen LogP contribution is -2.44. The molecule has 0 bridgehead atoms. The standard InChI is InChI=1S/C22H22N6/c1-27-12-14-28(15-13-27)19-9-7-18(8-10-19)25-26-22(16-23)21-11-6-17-4-2-3-5-20(17)24-21/h2-11,22H,12-15H2,1H3. The molecule has 0 radical (unpaired) electrons. The summed E-state index contributed by atoms with van der Waals surface area (Å²) >= 11 is 0. The van der Waals surface area contributed by atoms with Gasteiger partial charge in [-0.15, -0.1) is 0 Å². The predicted octanol–water partition coefficient (Wildman–Crippen LogP) is 4.34. The van der Waals surface area contributed by atoms with Gasteiger partial charge in [0.2, 0.25) is 0 Å². The summed E-state index contributed by atoms with van der Waals surface area (Å²) < 4.78 is 0. The van der Waals surface area contributed by atoms with Crippen LogP contribution >= 0.6 is 0 Å². The Morgan fingerprint density at radius 2 is 1.71 bits per heavy atom. The minimum atomic E-state index is -0.720. The highest BCUT2D eigenvalue weighted by molar-refractivity contribution is 5.78. The van der Waals surface area contributed by atoms with E-state index in [-0.39, 0.29) is 0 Å². The topological polar surface area (TPSA) is 67.9 Å². The Bertz CT molecular complexity index is 1010. The summed E-state index contributed by atoms with van der Waals surface area (Å²) in [6, 6.07) is 21.1. The summed E-state index contributed by atoms with van der Waals surface area (Å²) in [5.41, 5.74) is 3.39. The summed E-state index contributed by atoms with van der Waals surface area (Å²) in [5.74, 6) is 0. The van der Waals surface area contributed by atoms with Gasteiger partial charge in [-0.25, -0.2) is 4.98 Å². The van der Waals surface area contributed by atoms with E-state index in [0.29, 0.717) is 5.69 Å². The number of azo groups is 1. The molecule has 6 heteroatoms. The smallest absolute Gasteiger partial charge is 0.199 e. The maximum absolute atomic E-state index is 9.51. The van der Waals surface area contributed by atoms with E-state index in [4.69, 9.17) is 0 Å². The number of nitriles is 1. The van der Waals surface area contributed by atoms with E-state index in [1.165, 1.54) is 5.69 Å². The number of rotatable bonds is 4. The van der Waals surface area contributed by atoms with Gasteiger partial charge in [-0.05, 0) is 43.4 Å². The Labute approximate surface area is 164 Å². The molecule has 1 fully saturated rings. The zero-order valence-corrected chi connectivity index (χ0v) is 15.9. The van der Waals surface area contributed by atoms with Crippen molar-refractivity contribution in [1.29, 1.82) is 5.26 Å². The minimum Gasteiger partial charge on any atom is -0.369 e. The van der Waals surface area contributed by atoms with E-state index in [0.717, 1.165) is 42.8 Å². The molecule has 1 unspecified atom stereocenters. The normalized spacial score (nSPS) is 16.4. The lowest BCUT2D eigenvalue weighted by molar-refractivity contribution is 0.313. The number of para-hydroxylation sites is 1. The van der Waals surface area contributed by atoms with Crippen molar-refractivity contribution in [3.8, 4) is 6.07 Å². The van der Waals surface area contributed by atoms with Crippen LogP contribution in [0.4, 0.5) is 11.4 Å². The molecule has 0 N–H and O–H groups in total. The number of nitrogens with zero attached hydrogens (tertiary/aromatic N) is 6. The van der Waals surface area contributed by atoms with Crippen molar-refractivity contribution in [2.75, 3.05) is 38.1 Å². The van der Waals surface area contributed by atoms with Crippen LogP contribution in [0.15, 0.2) is 70.9 Å². The first-order valence-electron chi connectivity index (χ1n) is 9.43. The van der Waals surface area contributed by atoms with Crippen molar-refractivity contribution >= 4 is 22.3 Å². The zero-order valence-electron chi connectivity index (χ0n) is 15.9. The average molecular weight is 370 g/mol. The molecule has 0 spiro atoms. The molecule has 6 nitrogen and oxygen atoms in total. The van der Waals surface area contributed by atoms with Gasteiger partial charge in [0.05, 0.1) is 23.0 Å². The van der Waals surface area contributed by atoms with Crippen molar-refractivity contribution in [3.63, 3.8) is 0 Å². The number of aromatic nitrogens is 1. The SMILES string of the molecule is CN1CCN(c2ccc(N=NC(C#N)c3ccc4ccccc4n3)cc2)CC1. The highest BCUT2D eigenvalue weighted by atomic mass is 15.2.